The summed E-state index contributed by atoms with van der Waals surface area (Å²) in [6.07, 6.45) is 1.77. The van der Waals surface area contributed by atoms with Gasteiger partial charge in [0.05, 0.1) is 13.2 Å². The van der Waals surface area contributed by atoms with Crippen LogP contribution in [0.5, 0.6) is 5.88 Å². The summed E-state index contributed by atoms with van der Waals surface area (Å²) in [5, 5.41) is 7.28. The summed E-state index contributed by atoms with van der Waals surface area (Å²) in [7, 11) is 1.64. The molecule has 26 heavy (non-hydrogen) atoms. The second-order valence-electron chi connectivity index (χ2n) is 5.52. The fraction of sp³-hybridized carbons (Fsp3) is 0.368. The van der Waals surface area contributed by atoms with E-state index < -0.39 is 0 Å². The number of halogens is 1. The molecule has 0 aliphatic heterocycles. The molecule has 0 amide bonds. The maximum atomic E-state index is 5.91. The number of methoxy groups -OCH3 is 1. The molecule has 0 aliphatic carbocycles. The zero-order chi connectivity index (χ0) is 18.6. The van der Waals surface area contributed by atoms with Gasteiger partial charge in [-0.2, -0.15) is 0 Å². The maximum Gasteiger partial charge on any atom is 0.213 e. The van der Waals surface area contributed by atoms with Crippen molar-refractivity contribution in [3.63, 3.8) is 0 Å². The molecular weight excluding hydrogens is 352 g/mol. The van der Waals surface area contributed by atoms with Gasteiger partial charge >= 0.3 is 0 Å². The first-order chi connectivity index (χ1) is 12.7. The lowest BCUT2D eigenvalue weighted by Gasteiger charge is -2.11. The quantitative estimate of drug-likeness (QED) is 0.400. The summed E-state index contributed by atoms with van der Waals surface area (Å²) in [6, 6.07) is 11.5. The van der Waals surface area contributed by atoms with Crippen LogP contribution in [0.2, 0.25) is 5.02 Å². The molecule has 140 valence electrons. The Morgan fingerprint density at radius 2 is 1.85 bits per heavy atom. The zero-order valence-corrected chi connectivity index (χ0v) is 15.9. The van der Waals surface area contributed by atoms with E-state index in [2.05, 4.69) is 20.6 Å². The monoisotopic (exact) mass is 376 g/mol. The second-order valence-corrected chi connectivity index (χ2v) is 5.96. The van der Waals surface area contributed by atoms with Crippen molar-refractivity contribution in [3.05, 3.63) is 58.7 Å². The van der Waals surface area contributed by atoms with Crippen molar-refractivity contribution in [2.75, 3.05) is 26.9 Å². The van der Waals surface area contributed by atoms with Gasteiger partial charge in [0.15, 0.2) is 5.96 Å². The molecular formula is C19H25ClN4O2. The van der Waals surface area contributed by atoms with Crippen LogP contribution < -0.4 is 15.4 Å². The van der Waals surface area contributed by atoms with E-state index in [-0.39, 0.29) is 0 Å². The van der Waals surface area contributed by atoms with Crippen LogP contribution >= 0.6 is 11.6 Å². The zero-order valence-electron chi connectivity index (χ0n) is 15.2. The normalized spacial score (nSPS) is 11.3. The van der Waals surface area contributed by atoms with Gasteiger partial charge in [-0.1, -0.05) is 29.8 Å². The number of hydrogen-bond donors (Lipinski definition) is 2. The molecule has 6 nitrogen and oxygen atoms in total. The number of pyridine rings is 1. The Hall–Kier alpha value is -2.31. The van der Waals surface area contributed by atoms with Crippen LogP contribution in [0.15, 0.2) is 47.6 Å². The third-order valence-corrected chi connectivity index (χ3v) is 3.72. The first kappa shape index (κ1) is 20.0. The minimum absolute atomic E-state index is 0.486. The van der Waals surface area contributed by atoms with Crippen molar-refractivity contribution in [1.29, 1.82) is 0 Å². The lowest BCUT2D eigenvalue weighted by atomic mass is 10.2. The third kappa shape index (κ3) is 7.29. The van der Waals surface area contributed by atoms with E-state index in [4.69, 9.17) is 21.1 Å². The van der Waals surface area contributed by atoms with Gasteiger partial charge in [0.2, 0.25) is 5.88 Å². The number of aliphatic imine (C=N–C) groups is 1. The summed E-state index contributed by atoms with van der Waals surface area (Å²) < 4.78 is 10.4. The maximum absolute atomic E-state index is 5.91. The van der Waals surface area contributed by atoms with Gasteiger partial charge in [0.1, 0.15) is 6.61 Å². The molecule has 7 heteroatoms. The fourth-order valence-corrected chi connectivity index (χ4v) is 2.25. The lowest BCUT2D eigenvalue weighted by molar-refractivity contribution is 0.143. The molecule has 2 N–H and O–H groups in total. The predicted molar refractivity (Wildman–Crippen MR) is 105 cm³/mol. The standard InChI is InChI=1S/C19H25ClN4O2/c1-3-21-19(23-12-15-4-7-17(20)8-5-15)24-14-16-6-9-18(22-13-16)26-11-10-25-2/h4-9,13H,3,10-12,14H2,1-2H3,(H2,21,23,24). The smallest absolute Gasteiger partial charge is 0.213 e. The highest BCUT2D eigenvalue weighted by Gasteiger charge is 2.00. The minimum atomic E-state index is 0.486. The van der Waals surface area contributed by atoms with Crippen molar-refractivity contribution in [1.82, 2.24) is 15.6 Å². The van der Waals surface area contributed by atoms with Crippen LogP contribution in [0.3, 0.4) is 0 Å². The van der Waals surface area contributed by atoms with E-state index >= 15 is 0 Å². The topological polar surface area (TPSA) is 67.8 Å². The van der Waals surface area contributed by atoms with Gasteiger partial charge in [0, 0.05) is 37.5 Å². The van der Waals surface area contributed by atoms with Gasteiger partial charge in [0.25, 0.3) is 0 Å². The molecule has 0 fully saturated rings. The Morgan fingerprint density at radius 3 is 2.50 bits per heavy atom. The van der Waals surface area contributed by atoms with Gasteiger partial charge < -0.3 is 20.1 Å². The molecule has 1 aromatic carbocycles. The van der Waals surface area contributed by atoms with Crippen molar-refractivity contribution >= 4 is 17.6 Å². The van der Waals surface area contributed by atoms with Gasteiger partial charge in [-0.05, 0) is 30.2 Å². The van der Waals surface area contributed by atoms with Crippen molar-refractivity contribution in [2.45, 2.75) is 20.0 Å². The van der Waals surface area contributed by atoms with Crippen molar-refractivity contribution in [3.8, 4) is 5.88 Å². The van der Waals surface area contributed by atoms with Gasteiger partial charge in [-0.3, -0.25) is 0 Å². The molecule has 1 heterocycles. The number of benzene rings is 1. The van der Waals surface area contributed by atoms with E-state index in [1.807, 2.05) is 43.3 Å². The molecule has 0 bridgehead atoms. The third-order valence-electron chi connectivity index (χ3n) is 3.47. The van der Waals surface area contributed by atoms with Crippen LogP contribution in [0, 0.1) is 0 Å². The molecule has 0 atom stereocenters. The number of nitrogens with one attached hydrogen (secondary N) is 2. The van der Waals surface area contributed by atoms with Crippen molar-refractivity contribution < 1.29 is 9.47 Å². The molecule has 0 saturated heterocycles. The highest BCUT2D eigenvalue weighted by atomic mass is 35.5. The van der Waals surface area contributed by atoms with Crippen LogP contribution in [0.4, 0.5) is 0 Å². The van der Waals surface area contributed by atoms with Crippen LogP contribution in [-0.2, 0) is 17.8 Å². The Morgan fingerprint density at radius 1 is 1.08 bits per heavy atom. The summed E-state index contributed by atoms with van der Waals surface area (Å²) in [4.78, 5) is 8.86. The molecule has 0 radical (unpaired) electrons. The largest absolute Gasteiger partial charge is 0.475 e. The van der Waals surface area contributed by atoms with E-state index in [1.54, 1.807) is 13.3 Å². The molecule has 2 rings (SSSR count). The predicted octanol–water partition coefficient (Wildman–Crippen LogP) is 3.02. The first-order valence-electron chi connectivity index (χ1n) is 8.54. The Labute approximate surface area is 159 Å². The minimum Gasteiger partial charge on any atom is -0.475 e. The Balaban J connectivity index is 1.88. The van der Waals surface area contributed by atoms with E-state index in [0.29, 0.717) is 32.2 Å². The van der Waals surface area contributed by atoms with Gasteiger partial charge in [-0.15, -0.1) is 0 Å². The Bertz CT molecular complexity index is 675. The van der Waals surface area contributed by atoms with Crippen LogP contribution in [0.1, 0.15) is 18.1 Å². The molecule has 0 aliphatic rings. The number of nitrogens with zero attached hydrogens (tertiary/aromatic N) is 2. The number of aromatic nitrogens is 1. The van der Waals surface area contributed by atoms with Crippen LogP contribution in [-0.4, -0.2) is 37.8 Å². The molecule has 0 saturated carbocycles. The summed E-state index contributed by atoms with van der Waals surface area (Å²) >= 11 is 5.91. The van der Waals surface area contributed by atoms with E-state index in [0.717, 1.165) is 28.7 Å². The SMILES string of the molecule is CCNC(=NCc1ccc(OCCOC)nc1)NCc1ccc(Cl)cc1. The van der Waals surface area contributed by atoms with Gasteiger partial charge in [-0.25, -0.2) is 9.98 Å². The lowest BCUT2D eigenvalue weighted by Crippen LogP contribution is -2.36. The summed E-state index contributed by atoms with van der Waals surface area (Å²) in [5.74, 6) is 1.34. The average Bonchev–Trinajstić information content (AvgIpc) is 2.66. The van der Waals surface area contributed by atoms with E-state index in [9.17, 15) is 0 Å². The first-order valence-corrected chi connectivity index (χ1v) is 8.92. The molecule has 0 spiro atoms. The summed E-state index contributed by atoms with van der Waals surface area (Å²) in [6.45, 7) is 5.05. The second kappa shape index (κ2) is 11.3. The molecule has 0 unspecified atom stereocenters. The highest BCUT2D eigenvalue weighted by molar-refractivity contribution is 6.30. The molecule has 1 aromatic heterocycles. The van der Waals surface area contributed by atoms with Crippen molar-refractivity contribution in [2.24, 2.45) is 4.99 Å². The number of rotatable bonds is 9. The molecule has 2 aromatic rings. The number of ether oxygens (including phenoxy) is 2. The average molecular weight is 377 g/mol. The van der Waals surface area contributed by atoms with E-state index in [1.165, 1.54) is 0 Å². The fourth-order valence-electron chi connectivity index (χ4n) is 2.12. The highest BCUT2D eigenvalue weighted by Crippen LogP contribution is 2.10. The summed E-state index contributed by atoms with van der Waals surface area (Å²) in [5.41, 5.74) is 2.15. The number of hydrogen-bond acceptors (Lipinski definition) is 4. The van der Waals surface area contributed by atoms with Crippen LogP contribution in [0.25, 0.3) is 0 Å². The number of guanidine groups is 1. The Kier molecular flexibility index (Phi) is 8.72.